The maximum atomic E-state index is 5.88. The first kappa shape index (κ1) is 19.0. The van der Waals surface area contributed by atoms with E-state index in [1.807, 2.05) is 17.9 Å². The fraction of sp³-hybridized carbons (Fsp3) is 0.667. The smallest absolute Gasteiger partial charge is 0.132 e. The van der Waals surface area contributed by atoms with Gasteiger partial charge in [-0.3, -0.25) is 10.1 Å². The number of aromatic nitrogens is 4. The van der Waals surface area contributed by atoms with E-state index in [1.165, 1.54) is 18.5 Å². The molecular weight excluding hydrogens is 366 g/mol. The molecular formula is C21H31N7O. The molecule has 0 bridgehead atoms. The molecule has 8 nitrogen and oxygen atoms in total. The van der Waals surface area contributed by atoms with Crippen molar-refractivity contribution in [3.8, 4) is 0 Å². The molecule has 0 amide bonds. The van der Waals surface area contributed by atoms with Gasteiger partial charge in [0.15, 0.2) is 0 Å². The van der Waals surface area contributed by atoms with Crippen molar-refractivity contribution in [3.05, 3.63) is 36.0 Å². The first-order chi connectivity index (χ1) is 14.1. The Morgan fingerprint density at radius 1 is 1.10 bits per heavy atom. The minimum absolute atomic E-state index is 0.202. The molecule has 0 radical (unpaired) electrons. The molecule has 0 aromatic carbocycles. The zero-order valence-electron chi connectivity index (χ0n) is 17.5. The second-order valence-electron chi connectivity index (χ2n) is 8.89. The van der Waals surface area contributed by atoms with E-state index in [9.17, 15) is 0 Å². The van der Waals surface area contributed by atoms with Crippen LogP contribution in [0.2, 0.25) is 0 Å². The van der Waals surface area contributed by atoms with E-state index >= 15 is 0 Å². The van der Waals surface area contributed by atoms with Crippen LogP contribution in [0.1, 0.15) is 56.5 Å². The molecule has 1 aliphatic carbocycles. The van der Waals surface area contributed by atoms with E-state index in [0.717, 1.165) is 31.0 Å². The quantitative estimate of drug-likeness (QED) is 0.819. The van der Waals surface area contributed by atoms with E-state index < -0.39 is 0 Å². The molecule has 2 saturated heterocycles. The molecule has 3 fully saturated rings. The summed E-state index contributed by atoms with van der Waals surface area (Å²) >= 11 is 0. The van der Waals surface area contributed by atoms with Gasteiger partial charge < -0.3 is 9.64 Å². The third-order valence-electron chi connectivity index (χ3n) is 6.77. The molecule has 8 heteroatoms. The number of hydrogen-bond donors (Lipinski definition) is 2. The van der Waals surface area contributed by atoms with Crippen molar-refractivity contribution in [1.29, 1.82) is 0 Å². The second kappa shape index (κ2) is 7.66. The highest BCUT2D eigenvalue weighted by Crippen LogP contribution is 2.43. The van der Waals surface area contributed by atoms with Crippen molar-refractivity contribution < 1.29 is 4.74 Å². The molecule has 4 unspecified atom stereocenters. The summed E-state index contributed by atoms with van der Waals surface area (Å²) in [7, 11) is 2.05. The van der Waals surface area contributed by atoms with Crippen LogP contribution in [0.3, 0.4) is 0 Å². The minimum atomic E-state index is 0.202. The molecule has 3 aliphatic rings. The van der Waals surface area contributed by atoms with Gasteiger partial charge in [0, 0.05) is 50.1 Å². The van der Waals surface area contributed by atoms with Crippen LogP contribution >= 0.6 is 0 Å². The Morgan fingerprint density at radius 2 is 1.93 bits per heavy atom. The first-order valence-corrected chi connectivity index (χ1v) is 10.8. The Balaban J connectivity index is 1.36. The summed E-state index contributed by atoms with van der Waals surface area (Å²) in [4.78, 5) is 11.6. The van der Waals surface area contributed by atoms with Crippen LogP contribution < -0.4 is 15.8 Å². The lowest BCUT2D eigenvalue weighted by Crippen LogP contribution is -2.46. The standard InChI is InChI=1S/C21H31N7O/c1-13-10-28(11-14(2)29-13)20-9-18(22-12-23-20)21-16-8-15(4-5-17(16)25-26-21)19-6-7-24-27(19)3/h6-7,9,12-17,21,25-26H,4-5,8,10-11H2,1-3H3/t13-,14+,15?,16?,17?,21?. The maximum absolute atomic E-state index is 5.88. The molecule has 156 valence electrons. The van der Waals surface area contributed by atoms with E-state index in [0.29, 0.717) is 17.9 Å². The van der Waals surface area contributed by atoms with Crippen molar-refractivity contribution in [3.63, 3.8) is 0 Å². The summed E-state index contributed by atoms with van der Waals surface area (Å²) in [5.41, 5.74) is 9.49. The lowest BCUT2D eigenvalue weighted by atomic mass is 9.74. The lowest BCUT2D eigenvalue weighted by molar-refractivity contribution is -0.00547. The van der Waals surface area contributed by atoms with Crippen molar-refractivity contribution in [2.24, 2.45) is 13.0 Å². The van der Waals surface area contributed by atoms with Crippen LogP contribution in [0.25, 0.3) is 0 Å². The molecule has 29 heavy (non-hydrogen) atoms. The van der Waals surface area contributed by atoms with Gasteiger partial charge in [0.05, 0.1) is 23.9 Å². The van der Waals surface area contributed by atoms with Gasteiger partial charge in [-0.15, -0.1) is 0 Å². The summed E-state index contributed by atoms with van der Waals surface area (Å²) in [6, 6.07) is 5.03. The van der Waals surface area contributed by atoms with Gasteiger partial charge in [0.2, 0.25) is 0 Å². The highest BCUT2D eigenvalue weighted by atomic mass is 16.5. The maximum Gasteiger partial charge on any atom is 0.132 e. The largest absolute Gasteiger partial charge is 0.372 e. The number of hydrazine groups is 1. The van der Waals surface area contributed by atoms with Crippen LogP contribution in [-0.2, 0) is 11.8 Å². The van der Waals surface area contributed by atoms with Crippen LogP contribution in [0.15, 0.2) is 24.7 Å². The molecule has 6 atom stereocenters. The number of morpholine rings is 1. The molecule has 2 N–H and O–H groups in total. The van der Waals surface area contributed by atoms with E-state index in [1.54, 1.807) is 6.33 Å². The van der Waals surface area contributed by atoms with Crippen LogP contribution in [-0.4, -0.2) is 51.1 Å². The number of anilines is 1. The van der Waals surface area contributed by atoms with Gasteiger partial charge in [0.25, 0.3) is 0 Å². The molecule has 2 aliphatic heterocycles. The Morgan fingerprint density at radius 3 is 2.69 bits per heavy atom. The van der Waals surface area contributed by atoms with Crippen LogP contribution in [0.4, 0.5) is 5.82 Å². The van der Waals surface area contributed by atoms with Gasteiger partial charge >= 0.3 is 0 Å². The van der Waals surface area contributed by atoms with Gasteiger partial charge in [-0.25, -0.2) is 15.4 Å². The van der Waals surface area contributed by atoms with Crippen molar-refractivity contribution in [1.82, 2.24) is 30.6 Å². The third kappa shape index (κ3) is 3.65. The number of aryl methyl sites for hydroxylation is 1. The summed E-state index contributed by atoms with van der Waals surface area (Å²) in [6.07, 6.45) is 7.55. The second-order valence-corrected chi connectivity index (χ2v) is 8.89. The van der Waals surface area contributed by atoms with Crippen molar-refractivity contribution >= 4 is 5.82 Å². The Kier molecular flexibility index (Phi) is 5.01. The number of nitrogens with one attached hydrogen (secondary N) is 2. The van der Waals surface area contributed by atoms with Crippen LogP contribution in [0, 0.1) is 5.92 Å². The number of hydrogen-bond acceptors (Lipinski definition) is 7. The summed E-state index contributed by atoms with van der Waals surface area (Å²) in [6.45, 7) is 5.98. The zero-order chi connectivity index (χ0) is 20.0. The number of nitrogens with zero attached hydrogens (tertiary/aromatic N) is 5. The molecule has 5 rings (SSSR count). The molecule has 1 saturated carbocycles. The number of fused-ring (bicyclic) bond motifs is 1. The van der Waals surface area contributed by atoms with Crippen molar-refractivity contribution in [2.75, 3.05) is 18.0 Å². The van der Waals surface area contributed by atoms with E-state index in [-0.39, 0.29) is 18.2 Å². The topological polar surface area (TPSA) is 80.1 Å². The SMILES string of the molecule is C[C@@H]1CN(c2cc(C3NNC4CCC(c5ccnn5C)CC43)ncn2)C[C@H](C)O1. The van der Waals surface area contributed by atoms with Crippen molar-refractivity contribution in [2.45, 2.75) is 63.3 Å². The fourth-order valence-electron chi connectivity index (χ4n) is 5.47. The predicted octanol–water partition coefficient (Wildman–Crippen LogP) is 1.93. The highest BCUT2D eigenvalue weighted by Gasteiger charge is 2.42. The normalized spacial score (nSPS) is 34.9. The first-order valence-electron chi connectivity index (χ1n) is 10.8. The Bertz CT molecular complexity index is 845. The zero-order valence-corrected chi connectivity index (χ0v) is 17.5. The summed E-state index contributed by atoms with van der Waals surface area (Å²) < 4.78 is 7.91. The fourth-order valence-corrected chi connectivity index (χ4v) is 5.47. The Hall–Kier alpha value is -2.03. The molecule has 2 aromatic heterocycles. The summed E-state index contributed by atoms with van der Waals surface area (Å²) in [5.74, 6) is 2.06. The summed E-state index contributed by atoms with van der Waals surface area (Å²) in [5, 5.41) is 4.38. The van der Waals surface area contributed by atoms with Gasteiger partial charge in [-0.05, 0) is 45.1 Å². The predicted molar refractivity (Wildman–Crippen MR) is 110 cm³/mol. The highest BCUT2D eigenvalue weighted by molar-refractivity contribution is 5.41. The molecule has 2 aromatic rings. The van der Waals surface area contributed by atoms with E-state index in [4.69, 9.17) is 4.74 Å². The van der Waals surface area contributed by atoms with Gasteiger partial charge in [0.1, 0.15) is 12.1 Å². The monoisotopic (exact) mass is 397 g/mol. The lowest BCUT2D eigenvalue weighted by Gasteiger charge is -2.36. The third-order valence-corrected chi connectivity index (χ3v) is 6.77. The molecule has 0 spiro atoms. The van der Waals surface area contributed by atoms with E-state index in [2.05, 4.69) is 56.8 Å². The molecule has 4 heterocycles. The average Bonchev–Trinajstić information content (AvgIpc) is 3.33. The number of rotatable bonds is 3. The van der Waals surface area contributed by atoms with Gasteiger partial charge in [-0.2, -0.15) is 5.10 Å². The van der Waals surface area contributed by atoms with Crippen LogP contribution in [0.5, 0.6) is 0 Å². The average molecular weight is 398 g/mol. The Labute approximate surface area is 172 Å². The minimum Gasteiger partial charge on any atom is -0.372 e. The van der Waals surface area contributed by atoms with Gasteiger partial charge in [-0.1, -0.05) is 0 Å². The number of ether oxygens (including phenoxy) is 1.